The van der Waals surface area contributed by atoms with Gasteiger partial charge in [-0.05, 0) is 19.8 Å². The maximum absolute atomic E-state index is 8.93. The number of rotatable bonds is 3. The van der Waals surface area contributed by atoms with Crippen LogP contribution in [0.4, 0.5) is 0 Å². The summed E-state index contributed by atoms with van der Waals surface area (Å²) in [5.74, 6) is 0. The number of hydrogen-bond acceptors (Lipinski definition) is 3. The van der Waals surface area contributed by atoms with Gasteiger partial charge in [0.1, 0.15) is 0 Å². The van der Waals surface area contributed by atoms with Gasteiger partial charge in [-0.25, -0.2) is 0 Å². The second kappa shape index (κ2) is 4.70. The zero-order valence-corrected chi connectivity index (χ0v) is 6.95. The van der Waals surface area contributed by atoms with Gasteiger partial charge in [-0.3, -0.25) is 0 Å². The predicted octanol–water partition coefficient (Wildman–Crippen LogP) is 0.563. The molecule has 1 fully saturated rings. The van der Waals surface area contributed by atoms with Crippen LogP contribution in [-0.2, 0) is 9.47 Å². The Morgan fingerprint density at radius 3 is 2.73 bits per heavy atom. The van der Waals surface area contributed by atoms with Crippen molar-refractivity contribution in [3.8, 4) is 0 Å². The molecule has 0 radical (unpaired) electrons. The third-order valence-corrected chi connectivity index (χ3v) is 1.74. The molecule has 3 heteroatoms. The maximum Gasteiger partial charge on any atom is 0.0745 e. The highest BCUT2D eigenvalue weighted by atomic mass is 16.5. The molecule has 0 unspecified atom stereocenters. The Morgan fingerprint density at radius 1 is 1.55 bits per heavy atom. The van der Waals surface area contributed by atoms with Crippen LogP contribution in [0.3, 0.4) is 0 Å². The molecule has 1 atom stereocenters. The number of aliphatic hydroxyl groups is 1. The third-order valence-electron chi connectivity index (χ3n) is 1.74. The molecular formula is C8H16O3. The summed E-state index contributed by atoms with van der Waals surface area (Å²) in [5.41, 5.74) is 0. The first-order valence-corrected chi connectivity index (χ1v) is 4.16. The monoisotopic (exact) mass is 160 g/mol. The van der Waals surface area contributed by atoms with Crippen molar-refractivity contribution in [1.82, 2.24) is 0 Å². The lowest BCUT2D eigenvalue weighted by Crippen LogP contribution is -2.26. The summed E-state index contributed by atoms with van der Waals surface area (Å²) in [5, 5.41) is 8.93. The van der Waals surface area contributed by atoms with E-state index in [0.29, 0.717) is 12.7 Å². The largest absolute Gasteiger partial charge is 0.391 e. The predicted molar refractivity (Wildman–Crippen MR) is 41.5 cm³/mol. The zero-order valence-electron chi connectivity index (χ0n) is 6.95. The van der Waals surface area contributed by atoms with Gasteiger partial charge in [0.05, 0.1) is 18.8 Å². The van der Waals surface area contributed by atoms with E-state index in [9.17, 15) is 0 Å². The minimum Gasteiger partial charge on any atom is -0.391 e. The van der Waals surface area contributed by atoms with Crippen molar-refractivity contribution in [3.05, 3.63) is 0 Å². The molecule has 66 valence electrons. The lowest BCUT2D eigenvalue weighted by atomic mass is 10.1. The van der Waals surface area contributed by atoms with Gasteiger partial charge in [-0.2, -0.15) is 0 Å². The zero-order chi connectivity index (χ0) is 8.10. The smallest absolute Gasteiger partial charge is 0.0745 e. The molecule has 3 nitrogen and oxygen atoms in total. The number of aliphatic hydroxyl groups excluding tert-OH is 1. The van der Waals surface area contributed by atoms with E-state index in [4.69, 9.17) is 14.6 Å². The van der Waals surface area contributed by atoms with Crippen molar-refractivity contribution in [2.75, 3.05) is 19.8 Å². The summed E-state index contributed by atoms with van der Waals surface area (Å²) in [6.07, 6.45) is 1.88. The fraction of sp³-hybridized carbons (Fsp3) is 1.00. The molecule has 1 saturated heterocycles. The van der Waals surface area contributed by atoms with Crippen LogP contribution in [0.15, 0.2) is 0 Å². The molecular weight excluding hydrogens is 144 g/mol. The van der Waals surface area contributed by atoms with Crippen molar-refractivity contribution < 1.29 is 14.6 Å². The molecule has 0 aliphatic carbocycles. The molecule has 11 heavy (non-hydrogen) atoms. The van der Waals surface area contributed by atoms with Gasteiger partial charge in [-0.1, -0.05) is 0 Å². The fourth-order valence-electron chi connectivity index (χ4n) is 1.12. The lowest BCUT2D eigenvalue weighted by Gasteiger charge is -2.22. The fourth-order valence-corrected chi connectivity index (χ4v) is 1.12. The average Bonchev–Trinajstić information content (AvgIpc) is 2.03. The molecule has 1 heterocycles. The van der Waals surface area contributed by atoms with Crippen molar-refractivity contribution in [2.45, 2.75) is 32.0 Å². The Kier molecular flexibility index (Phi) is 3.83. The quantitative estimate of drug-likeness (QED) is 0.655. The summed E-state index contributed by atoms with van der Waals surface area (Å²) >= 11 is 0. The second-order valence-corrected chi connectivity index (χ2v) is 2.99. The van der Waals surface area contributed by atoms with E-state index in [0.717, 1.165) is 26.1 Å². The molecule has 1 rings (SSSR count). The van der Waals surface area contributed by atoms with Gasteiger partial charge >= 0.3 is 0 Å². The molecule has 1 N–H and O–H groups in total. The van der Waals surface area contributed by atoms with E-state index >= 15 is 0 Å². The summed E-state index contributed by atoms with van der Waals surface area (Å²) < 4.78 is 10.6. The topological polar surface area (TPSA) is 38.7 Å². The van der Waals surface area contributed by atoms with Crippen LogP contribution >= 0.6 is 0 Å². The van der Waals surface area contributed by atoms with Gasteiger partial charge in [-0.15, -0.1) is 0 Å². The molecule has 0 spiro atoms. The number of hydrogen-bond donors (Lipinski definition) is 1. The standard InChI is InChI=1S/C8H16O3/c1-7(9)6-11-8-2-4-10-5-3-8/h7-9H,2-6H2,1H3/t7-/m1/s1. The highest BCUT2D eigenvalue weighted by Gasteiger charge is 2.14. The molecule has 0 amide bonds. The van der Waals surface area contributed by atoms with Crippen LogP contribution in [0, 0.1) is 0 Å². The third kappa shape index (κ3) is 3.70. The van der Waals surface area contributed by atoms with Crippen LogP contribution in [0.2, 0.25) is 0 Å². The SMILES string of the molecule is C[C@@H](O)COC1CCOCC1. The Bertz CT molecular complexity index is 97.5. The Hall–Kier alpha value is -0.120. The molecule has 0 aromatic heterocycles. The van der Waals surface area contributed by atoms with Crippen LogP contribution < -0.4 is 0 Å². The summed E-state index contributed by atoms with van der Waals surface area (Å²) in [6, 6.07) is 0. The highest BCUT2D eigenvalue weighted by Crippen LogP contribution is 2.10. The minimum atomic E-state index is -0.349. The van der Waals surface area contributed by atoms with Crippen molar-refractivity contribution in [1.29, 1.82) is 0 Å². The van der Waals surface area contributed by atoms with E-state index in [1.165, 1.54) is 0 Å². The second-order valence-electron chi connectivity index (χ2n) is 2.99. The summed E-state index contributed by atoms with van der Waals surface area (Å²) in [6.45, 7) is 3.78. The van der Waals surface area contributed by atoms with Gasteiger partial charge in [0.15, 0.2) is 0 Å². The normalized spacial score (nSPS) is 23.5. The van der Waals surface area contributed by atoms with Crippen molar-refractivity contribution in [2.24, 2.45) is 0 Å². The van der Waals surface area contributed by atoms with Gasteiger partial charge in [0.2, 0.25) is 0 Å². The van der Waals surface area contributed by atoms with Crippen LogP contribution in [0.1, 0.15) is 19.8 Å². The average molecular weight is 160 g/mol. The van der Waals surface area contributed by atoms with Crippen molar-refractivity contribution >= 4 is 0 Å². The van der Waals surface area contributed by atoms with E-state index in [1.807, 2.05) is 0 Å². The molecule has 0 aromatic rings. The lowest BCUT2D eigenvalue weighted by molar-refractivity contribution is -0.0557. The van der Waals surface area contributed by atoms with Gasteiger partial charge < -0.3 is 14.6 Å². The maximum atomic E-state index is 8.93. The first-order valence-electron chi connectivity index (χ1n) is 4.16. The van der Waals surface area contributed by atoms with Crippen LogP contribution in [0.25, 0.3) is 0 Å². The first kappa shape index (κ1) is 8.97. The molecule has 0 aromatic carbocycles. The molecule has 0 bridgehead atoms. The van der Waals surface area contributed by atoms with E-state index in [1.54, 1.807) is 6.92 Å². The highest BCUT2D eigenvalue weighted by molar-refractivity contribution is 4.62. The summed E-state index contributed by atoms with van der Waals surface area (Å²) in [4.78, 5) is 0. The van der Waals surface area contributed by atoms with E-state index < -0.39 is 0 Å². The molecule has 0 saturated carbocycles. The molecule has 1 aliphatic heterocycles. The number of ether oxygens (including phenoxy) is 2. The Labute approximate surface area is 67.3 Å². The molecule has 1 aliphatic rings. The minimum absolute atomic E-state index is 0.304. The van der Waals surface area contributed by atoms with E-state index in [-0.39, 0.29) is 6.10 Å². The van der Waals surface area contributed by atoms with Crippen LogP contribution in [0.5, 0.6) is 0 Å². The summed E-state index contributed by atoms with van der Waals surface area (Å²) in [7, 11) is 0. The van der Waals surface area contributed by atoms with Gasteiger partial charge in [0.25, 0.3) is 0 Å². The first-order chi connectivity index (χ1) is 5.29. The van der Waals surface area contributed by atoms with Crippen molar-refractivity contribution in [3.63, 3.8) is 0 Å². The Balaban J connectivity index is 2.05. The van der Waals surface area contributed by atoms with Crippen LogP contribution in [-0.4, -0.2) is 37.1 Å². The van der Waals surface area contributed by atoms with E-state index in [2.05, 4.69) is 0 Å². The Morgan fingerprint density at radius 2 is 2.18 bits per heavy atom. The van der Waals surface area contributed by atoms with Gasteiger partial charge in [0, 0.05) is 13.2 Å².